The molecule has 6 heteroatoms. The molecule has 20 heavy (non-hydrogen) atoms. The van der Waals surface area contributed by atoms with Gasteiger partial charge >= 0.3 is 0 Å². The molecule has 106 valence electrons. The van der Waals surface area contributed by atoms with Crippen LogP contribution in [-0.2, 0) is 0 Å². The van der Waals surface area contributed by atoms with Crippen LogP contribution in [0.2, 0.25) is 5.15 Å². The van der Waals surface area contributed by atoms with E-state index in [2.05, 4.69) is 15.4 Å². The Morgan fingerprint density at radius 2 is 2.05 bits per heavy atom. The predicted octanol–water partition coefficient (Wildman–Crippen LogP) is 3.38. The lowest BCUT2D eigenvalue weighted by molar-refractivity contribution is 0.102. The van der Waals surface area contributed by atoms with E-state index in [1.54, 1.807) is 12.1 Å². The molecule has 0 bridgehead atoms. The summed E-state index contributed by atoms with van der Waals surface area (Å²) in [4.78, 5) is 16.1. The maximum Gasteiger partial charge on any atom is 0.257 e. The van der Waals surface area contributed by atoms with Crippen molar-refractivity contribution >= 4 is 23.2 Å². The van der Waals surface area contributed by atoms with Crippen LogP contribution in [0.15, 0.2) is 18.3 Å². The van der Waals surface area contributed by atoms with Crippen LogP contribution in [0.1, 0.15) is 41.6 Å². The molecular formula is C14H17ClN4O. The Hall–Kier alpha value is -1.88. The fourth-order valence-corrected chi connectivity index (χ4v) is 2.15. The van der Waals surface area contributed by atoms with Crippen LogP contribution in [0.4, 0.5) is 5.69 Å². The summed E-state index contributed by atoms with van der Waals surface area (Å²) in [6, 6.07) is 3.48. The fraction of sp³-hybridized carbons (Fsp3) is 0.357. The highest BCUT2D eigenvalue weighted by Crippen LogP contribution is 2.23. The number of nitrogens with one attached hydrogen (secondary N) is 1. The van der Waals surface area contributed by atoms with Gasteiger partial charge in [0.15, 0.2) is 0 Å². The summed E-state index contributed by atoms with van der Waals surface area (Å²) in [5.74, 6) is -0.219. The number of anilines is 1. The molecule has 0 unspecified atom stereocenters. The topological polar surface area (TPSA) is 59.8 Å². The van der Waals surface area contributed by atoms with Gasteiger partial charge in [0, 0.05) is 12.2 Å². The summed E-state index contributed by atoms with van der Waals surface area (Å²) >= 11 is 5.71. The largest absolute Gasteiger partial charge is 0.319 e. The predicted molar refractivity (Wildman–Crippen MR) is 79.3 cm³/mol. The summed E-state index contributed by atoms with van der Waals surface area (Å²) in [5, 5.41) is 7.68. The van der Waals surface area contributed by atoms with Crippen molar-refractivity contribution < 1.29 is 4.79 Å². The van der Waals surface area contributed by atoms with Crippen molar-refractivity contribution in [2.75, 3.05) is 5.32 Å². The molecule has 0 aliphatic rings. The van der Waals surface area contributed by atoms with Gasteiger partial charge in [-0.25, -0.2) is 4.98 Å². The summed E-state index contributed by atoms with van der Waals surface area (Å²) in [5.41, 5.74) is 2.95. The van der Waals surface area contributed by atoms with Crippen LogP contribution >= 0.6 is 11.6 Å². The molecule has 0 aliphatic carbocycles. The quantitative estimate of drug-likeness (QED) is 0.882. The molecule has 1 amide bonds. The van der Waals surface area contributed by atoms with Gasteiger partial charge < -0.3 is 5.32 Å². The highest BCUT2D eigenvalue weighted by atomic mass is 35.5. The standard InChI is InChI=1S/C14H17ClN4O/c1-8(2)19-10(4)13(9(3)18-19)17-14(20)11-5-6-12(15)16-7-11/h5-8H,1-4H3,(H,17,20). The first-order valence-electron chi connectivity index (χ1n) is 6.38. The monoisotopic (exact) mass is 292 g/mol. The molecule has 2 aromatic heterocycles. The van der Waals surface area contributed by atoms with Gasteiger partial charge in [0.1, 0.15) is 5.15 Å². The van der Waals surface area contributed by atoms with Gasteiger partial charge in [-0.1, -0.05) is 11.6 Å². The number of carbonyl (C=O) groups excluding carboxylic acids is 1. The minimum atomic E-state index is -0.219. The van der Waals surface area contributed by atoms with E-state index < -0.39 is 0 Å². The average molecular weight is 293 g/mol. The van der Waals surface area contributed by atoms with Gasteiger partial charge in [0.2, 0.25) is 0 Å². The Morgan fingerprint density at radius 3 is 2.55 bits per heavy atom. The number of hydrogen-bond acceptors (Lipinski definition) is 3. The van der Waals surface area contributed by atoms with Gasteiger partial charge in [-0.3, -0.25) is 9.48 Å². The first kappa shape index (κ1) is 14.5. The minimum Gasteiger partial charge on any atom is -0.319 e. The van der Waals surface area contributed by atoms with Crippen molar-refractivity contribution in [1.82, 2.24) is 14.8 Å². The molecule has 0 saturated carbocycles. The van der Waals surface area contributed by atoms with Gasteiger partial charge in [-0.15, -0.1) is 0 Å². The third-order valence-corrected chi connectivity index (χ3v) is 3.27. The molecule has 5 nitrogen and oxygen atoms in total. The van der Waals surface area contributed by atoms with Crippen LogP contribution in [-0.4, -0.2) is 20.7 Å². The highest BCUT2D eigenvalue weighted by Gasteiger charge is 2.16. The fourth-order valence-electron chi connectivity index (χ4n) is 2.04. The molecule has 0 aliphatic heterocycles. The van der Waals surface area contributed by atoms with E-state index in [1.165, 1.54) is 6.20 Å². The zero-order chi connectivity index (χ0) is 14.9. The molecule has 2 rings (SSSR count). The number of carbonyl (C=O) groups is 1. The first-order valence-corrected chi connectivity index (χ1v) is 6.76. The van der Waals surface area contributed by atoms with Gasteiger partial charge in [0.05, 0.1) is 22.6 Å². The van der Waals surface area contributed by atoms with Crippen LogP contribution in [0.25, 0.3) is 0 Å². The summed E-state index contributed by atoms with van der Waals surface area (Å²) in [6.45, 7) is 7.92. The Morgan fingerprint density at radius 1 is 1.35 bits per heavy atom. The molecule has 0 radical (unpaired) electrons. The first-order chi connectivity index (χ1) is 9.40. The Kier molecular flexibility index (Phi) is 4.09. The molecular weight excluding hydrogens is 276 g/mol. The van der Waals surface area contributed by atoms with Crippen molar-refractivity contribution in [3.05, 3.63) is 40.4 Å². The molecule has 0 spiro atoms. The average Bonchev–Trinajstić information content (AvgIpc) is 2.67. The van der Waals surface area contributed by atoms with Crippen LogP contribution in [0.5, 0.6) is 0 Å². The molecule has 0 fully saturated rings. The highest BCUT2D eigenvalue weighted by molar-refractivity contribution is 6.29. The third kappa shape index (κ3) is 2.82. The zero-order valence-electron chi connectivity index (χ0n) is 11.9. The van der Waals surface area contributed by atoms with Crippen molar-refractivity contribution in [2.24, 2.45) is 0 Å². The van der Waals surface area contributed by atoms with Crippen LogP contribution in [0.3, 0.4) is 0 Å². The minimum absolute atomic E-state index is 0.219. The number of hydrogen-bond donors (Lipinski definition) is 1. The third-order valence-electron chi connectivity index (χ3n) is 3.04. The molecule has 2 heterocycles. The van der Waals surface area contributed by atoms with Gasteiger partial charge in [0.25, 0.3) is 5.91 Å². The molecule has 1 N–H and O–H groups in total. The smallest absolute Gasteiger partial charge is 0.257 e. The number of rotatable bonds is 3. The van der Waals surface area contributed by atoms with E-state index in [1.807, 2.05) is 32.4 Å². The number of pyridine rings is 1. The number of amides is 1. The number of aromatic nitrogens is 3. The Bertz CT molecular complexity index is 631. The van der Waals surface area contributed by atoms with Gasteiger partial charge in [-0.05, 0) is 39.8 Å². The van der Waals surface area contributed by atoms with E-state index in [0.29, 0.717) is 10.7 Å². The maximum atomic E-state index is 12.2. The molecule has 0 saturated heterocycles. The van der Waals surface area contributed by atoms with Crippen molar-refractivity contribution in [2.45, 2.75) is 33.7 Å². The van der Waals surface area contributed by atoms with Crippen LogP contribution < -0.4 is 5.32 Å². The van der Waals surface area contributed by atoms with Crippen molar-refractivity contribution in [3.8, 4) is 0 Å². The number of nitrogens with zero attached hydrogens (tertiary/aromatic N) is 3. The van der Waals surface area contributed by atoms with Crippen LogP contribution in [0, 0.1) is 13.8 Å². The Labute approximate surface area is 123 Å². The zero-order valence-corrected chi connectivity index (χ0v) is 12.7. The summed E-state index contributed by atoms with van der Waals surface area (Å²) in [6.07, 6.45) is 1.45. The maximum absolute atomic E-state index is 12.2. The van der Waals surface area contributed by atoms with Crippen molar-refractivity contribution in [1.29, 1.82) is 0 Å². The van der Waals surface area contributed by atoms with E-state index in [9.17, 15) is 4.79 Å². The van der Waals surface area contributed by atoms with E-state index in [-0.39, 0.29) is 11.9 Å². The number of aryl methyl sites for hydroxylation is 1. The lowest BCUT2D eigenvalue weighted by atomic mass is 10.2. The lowest BCUT2D eigenvalue weighted by Gasteiger charge is -2.09. The molecule has 0 atom stereocenters. The summed E-state index contributed by atoms with van der Waals surface area (Å²) in [7, 11) is 0. The lowest BCUT2D eigenvalue weighted by Crippen LogP contribution is -2.13. The van der Waals surface area contributed by atoms with Crippen molar-refractivity contribution in [3.63, 3.8) is 0 Å². The molecule has 2 aromatic rings. The van der Waals surface area contributed by atoms with E-state index in [4.69, 9.17) is 11.6 Å². The van der Waals surface area contributed by atoms with E-state index >= 15 is 0 Å². The second kappa shape index (κ2) is 5.63. The number of halogens is 1. The van der Waals surface area contributed by atoms with Gasteiger partial charge in [-0.2, -0.15) is 5.10 Å². The molecule has 0 aromatic carbocycles. The Balaban J connectivity index is 2.26. The second-order valence-electron chi connectivity index (χ2n) is 4.91. The second-order valence-corrected chi connectivity index (χ2v) is 5.30. The SMILES string of the molecule is Cc1nn(C(C)C)c(C)c1NC(=O)c1ccc(Cl)nc1. The normalized spacial score (nSPS) is 10.9. The summed E-state index contributed by atoms with van der Waals surface area (Å²) < 4.78 is 1.89. The van der Waals surface area contributed by atoms with E-state index in [0.717, 1.165) is 17.1 Å².